The highest BCUT2D eigenvalue weighted by molar-refractivity contribution is 5.86. The molecule has 110 valence electrons. The van der Waals surface area contributed by atoms with E-state index in [1.54, 1.807) is 0 Å². The summed E-state index contributed by atoms with van der Waals surface area (Å²) in [7, 11) is 0. The lowest BCUT2D eigenvalue weighted by molar-refractivity contribution is -0.126. The van der Waals surface area contributed by atoms with Crippen molar-refractivity contribution < 1.29 is 9.59 Å². The van der Waals surface area contributed by atoms with Crippen LogP contribution in [0.3, 0.4) is 0 Å². The Hall–Kier alpha value is -1.10. The molecule has 0 heterocycles. The van der Waals surface area contributed by atoms with Crippen LogP contribution < -0.4 is 16.8 Å². The maximum atomic E-state index is 11.2. The standard InChI is InChI=1S/C8H17N3O2.C3H8.C2H6/c1-3-5(2)7(10)8(13)11-4-6(9)12;1-3-2;1-2/h5,7H,3-4,10H2,1-2H3,(H2,9,12)(H,11,13);3H2,1-2H3;1-2H3. The molecule has 0 aromatic rings. The second-order valence-electron chi connectivity index (χ2n) is 3.80. The van der Waals surface area contributed by atoms with Gasteiger partial charge in [0.25, 0.3) is 0 Å². The molecular formula is C13H31N3O2. The largest absolute Gasteiger partial charge is 0.368 e. The average Bonchev–Trinajstić information content (AvgIpc) is 2.37. The first kappa shape index (κ1) is 22.1. The molecule has 0 saturated heterocycles. The Morgan fingerprint density at radius 1 is 1.17 bits per heavy atom. The third-order valence-corrected chi connectivity index (χ3v) is 2.00. The highest BCUT2D eigenvalue weighted by Gasteiger charge is 2.18. The zero-order valence-electron chi connectivity index (χ0n) is 12.7. The van der Waals surface area contributed by atoms with Gasteiger partial charge in [0.2, 0.25) is 11.8 Å². The predicted molar refractivity (Wildman–Crippen MR) is 76.9 cm³/mol. The lowest BCUT2D eigenvalue weighted by Crippen LogP contribution is -2.46. The molecule has 0 aromatic carbocycles. The van der Waals surface area contributed by atoms with Gasteiger partial charge in [-0.1, -0.05) is 54.4 Å². The van der Waals surface area contributed by atoms with E-state index in [4.69, 9.17) is 11.5 Å². The van der Waals surface area contributed by atoms with Gasteiger partial charge in [-0.3, -0.25) is 9.59 Å². The van der Waals surface area contributed by atoms with E-state index in [0.717, 1.165) is 6.42 Å². The van der Waals surface area contributed by atoms with Crippen LogP contribution in [0.25, 0.3) is 0 Å². The minimum atomic E-state index is -0.565. The van der Waals surface area contributed by atoms with E-state index in [-0.39, 0.29) is 18.4 Å². The van der Waals surface area contributed by atoms with E-state index < -0.39 is 11.9 Å². The molecule has 2 atom stereocenters. The fourth-order valence-corrected chi connectivity index (χ4v) is 0.804. The van der Waals surface area contributed by atoms with Crippen LogP contribution in [0.4, 0.5) is 0 Å². The van der Waals surface area contributed by atoms with Crippen LogP contribution in [-0.2, 0) is 9.59 Å². The summed E-state index contributed by atoms with van der Waals surface area (Å²) in [5.41, 5.74) is 10.4. The zero-order valence-corrected chi connectivity index (χ0v) is 12.7. The number of amides is 2. The van der Waals surface area contributed by atoms with Gasteiger partial charge in [-0.05, 0) is 5.92 Å². The van der Waals surface area contributed by atoms with Gasteiger partial charge in [-0.2, -0.15) is 0 Å². The highest BCUT2D eigenvalue weighted by atomic mass is 16.2. The van der Waals surface area contributed by atoms with Gasteiger partial charge < -0.3 is 16.8 Å². The molecule has 0 aliphatic rings. The van der Waals surface area contributed by atoms with Gasteiger partial charge in [0.15, 0.2) is 0 Å². The molecule has 0 radical (unpaired) electrons. The number of hydrogen-bond acceptors (Lipinski definition) is 3. The van der Waals surface area contributed by atoms with E-state index in [1.165, 1.54) is 6.42 Å². The molecule has 0 aliphatic carbocycles. The van der Waals surface area contributed by atoms with E-state index >= 15 is 0 Å². The van der Waals surface area contributed by atoms with Crippen molar-refractivity contribution in [1.29, 1.82) is 0 Å². The summed E-state index contributed by atoms with van der Waals surface area (Å²) >= 11 is 0. The van der Waals surface area contributed by atoms with Crippen molar-refractivity contribution in [2.24, 2.45) is 17.4 Å². The Morgan fingerprint density at radius 3 is 1.83 bits per heavy atom. The molecule has 5 heteroatoms. The molecule has 0 spiro atoms. The van der Waals surface area contributed by atoms with E-state index in [9.17, 15) is 9.59 Å². The van der Waals surface area contributed by atoms with Gasteiger partial charge in [-0.25, -0.2) is 0 Å². The number of nitrogens with two attached hydrogens (primary N) is 2. The molecule has 0 fully saturated rings. The lowest BCUT2D eigenvalue weighted by Gasteiger charge is -2.16. The summed E-state index contributed by atoms with van der Waals surface area (Å²) in [6, 6.07) is -0.565. The molecule has 0 rings (SSSR count). The third kappa shape index (κ3) is 14.9. The first-order chi connectivity index (χ1) is 8.40. The van der Waals surface area contributed by atoms with Gasteiger partial charge in [0.1, 0.15) is 0 Å². The summed E-state index contributed by atoms with van der Waals surface area (Å²) in [4.78, 5) is 21.5. The minimum absolute atomic E-state index is 0.105. The number of carbonyl (C=O) groups is 2. The smallest absolute Gasteiger partial charge is 0.237 e. The first-order valence-corrected chi connectivity index (χ1v) is 6.72. The molecular weight excluding hydrogens is 230 g/mol. The molecule has 0 bridgehead atoms. The maximum Gasteiger partial charge on any atom is 0.237 e. The van der Waals surface area contributed by atoms with Crippen molar-refractivity contribution in [3.05, 3.63) is 0 Å². The number of carbonyl (C=O) groups excluding carboxylic acids is 2. The Balaban J connectivity index is -0.000000389. The minimum Gasteiger partial charge on any atom is -0.368 e. The Kier molecular flexibility index (Phi) is 19.5. The monoisotopic (exact) mass is 261 g/mol. The fourth-order valence-electron chi connectivity index (χ4n) is 0.804. The zero-order chi connectivity index (χ0) is 15.1. The topological polar surface area (TPSA) is 98.2 Å². The van der Waals surface area contributed by atoms with Crippen molar-refractivity contribution in [1.82, 2.24) is 5.32 Å². The van der Waals surface area contributed by atoms with E-state index in [1.807, 2.05) is 27.7 Å². The number of hydrogen-bond donors (Lipinski definition) is 3. The van der Waals surface area contributed by atoms with Crippen LogP contribution in [-0.4, -0.2) is 24.4 Å². The summed E-state index contributed by atoms with van der Waals surface area (Å²) in [5, 5.41) is 2.36. The van der Waals surface area contributed by atoms with Crippen molar-refractivity contribution in [3.63, 3.8) is 0 Å². The molecule has 0 aromatic heterocycles. The SMILES string of the molecule is CC.CCC.CCC(C)C(N)C(=O)NCC(N)=O. The van der Waals surface area contributed by atoms with Crippen LogP contribution in [0, 0.1) is 5.92 Å². The fraction of sp³-hybridized carbons (Fsp3) is 0.846. The average molecular weight is 261 g/mol. The van der Waals surface area contributed by atoms with Crippen LogP contribution in [0.5, 0.6) is 0 Å². The Morgan fingerprint density at radius 2 is 1.56 bits per heavy atom. The normalized spacial score (nSPS) is 11.9. The van der Waals surface area contributed by atoms with E-state index in [0.29, 0.717) is 0 Å². The van der Waals surface area contributed by atoms with Crippen molar-refractivity contribution in [3.8, 4) is 0 Å². The second kappa shape index (κ2) is 15.9. The summed E-state index contributed by atoms with van der Waals surface area (Å²) in [5.74, 6) is -0.786. The van der Waals surface area contributed by atoms with E-state index in [2.05, 4.69) is 19.2 Å². The second-order valence-corrected chi connectivity index (χ2v) is 3.80. The van der Waals surface area contributed by atoms with Gasteiger partial charge in [0.05, 0.1) is 12.6 Å². The lowest BCUT2D eigenvalue weighted by atomic mass is 9.99. The number of rotatable bonds is 5. The summed E-state index contributed by atoms with van der Waals surface area (Å²) in [6.45, 7) is 11.9. The van der Waals surface area contributed by atoms with Crippen LogP contribution in [0.1, 0.15) is 54.4 Å². The third-order valence-electron chi connectivity index (χ3n) is 2.00. The quantitative estimate of drug-likeness (QED) is 0.697. The molecule has 5 nitrogen and oxygen atoms in total. The molecule has 2 amide bonds. The Labute approximate surface area is 112 Å². The molecule has 0 saturated carbocycles. The van der Waals surface area contributed by atoms with Gasteiger partial charge in [0, 0.05) is 0 Å². The molecule has 0 aliphatic heterocycles. The van der Waals surface area contributed by atoms with Crippen molar-refractivity contribution >= 4 is 11.8 Å². The van der Waals surface area contributed by atoms with Crippen LogP contribution >= 0.6 is 0 Å². The molecule has 5 N–H and O–H groups in total. The van der Waals surface area contributed by atoms with Crippen molar-refractivity contribution in [2.45, 2.75) is 60.4 Å². The highest BCUT2D eigenvalue weighted by Crippen LogP contribution is 2.04. The predicted octanol–water partition coefficient (Wildman–Crippen LogP) is 1.40. The van der Waals surface area contributed by atoms with Gasteiger partial charge >= 0.3 is 0 Å². The van der Waals surface area contributed by atoms with Crippen LogP contribution in [0.2, 0.25) is 0 Å². The first-order valence-electron chi connectivity index (χ1n) is 6.72. The molecule has 2 unspecified atom stereocenters. The number of primary amides is 1. The van der Waals surface area contributed by atoms with Crippen molar-refractivity contribution in [2.75, 3.05) is 6.54 Å². The Bertz CT molecular complexity index is 208. The summed E-state index contributed by atoms with van der Waals surface area (Å²) < 4.78 is 0. The molecule has 18 heavy (non-hydrogen) atoms. The van der Waals surface area contributed by atoms with Crippen LogP contribution in [0.15, 0.2) is 0 Å². The van der Waals surface area contributed by atoms with Gasteiger partial charge in [-0.15, -0.1) is 0 Å². The number of nitrogens with one attached hydrogen (secondary N) is 1. The maximum absolute atomic E-state index is 11.2. The summed E-state index contributed by atoms with van der Waals surface area (Å²) in [6.07, 6.45) is 2.07.